The average molecular weight is 279 g/mol. The molecular formula is C17H29NO2. The van der Waals surface area contributed by atoms with E-state index in [0.717, 1.165) is 25.3 Å². The Labute approximate surface area is 123 Å². The van der Waals surface area contributed by atoms with Crippen molar-refractivity contribution in [1.82, 2.24) is 5.32 Å². The van der Waals surface area contributed by atoms with Gasteiger partial charge in [-0.1, -0.05) is 32.9 Å². The summed E-state index contributed by atoms with van der Waals surface area (Å²) in [6.45, 7) is 11.8. The summed E-state index contributed by atoms with van der Waals surface area (Å²) in [5.41, 5.74) is 1.25. The van der Waals surface area contributed by atoms with Gasteiger partial charge in [-0.25, -0.2) is 0 Å². The number of benzene rings is 1. The summed E-state index contributed by atoms with van der Waals surface area (Å²) < 4.78 is 11.5. The fourth-order valence-electron chi connectivity index (χ4n) is 2.16. The zero-order valence-corrected chi connectivity index (χ0v) is 13.3. The van der Waals surface area contributed by atoms with Crippen LogP contribution in [0, 0.1) is 5.92 Å². The fourth-order valence-corrected chi connectivity index (χ4v) is 2.16. The molecule has 0 heterocycles. The third kappa shape index (κ3) is 7.51. The predicted molar refractivity (Wildman–Crippen MR) is 84.2 cm³/mol. The highest BCUT2D eigenvalue weighted by Gasteiger charge is 2.05. The zero-order chi connectivity index (χ0) is 14.8. The van der Waals surface area contributed by atoms with Crippen LogP contribution in [0.1, 0.15) is 39.7 Å². The molecule has 1 unspecified atom stereocenters. The first-order valence-corrected chi connectivity index (χ1v) is 7.65. The monoisotopic (exact) mass is 279 g/mol. The fraction of sp³-hybridized carbons (Fsp3) is 0.647. The van der Waals surface area contributed by atoms with Gasteiger partial charge in [0.1, 0.15) is 12.4 Å². The molecule has 0 fully saturated rings. The van der Waals surface area contributed by atoms with Gasteiger partial charge in [0, 0.05) is 6.54 Å². The molecule has 1 atom stereocenters. The maximum atomic E-state index is 5.73. The second-order valence-electron chi connectivity index (χ2n) is 5.59. The molecule has 0 bridgehead atoms. The van der Waals surface area contributed by atoms with E-state index in [4.69, 9.17) is 9.47 Å². The first-order chi connectivity index (χ1) is 9.61. The molecule has 0 saturated carbocycles. The van der Waals surface area contributed by atoms with Gasteiger partial charge in [-0.05, 0) is 43.5 Å². The van der Waals surface area contributed by atoms with Crippen molar-refractivity contribution in [3.63, 3.8) is 0 Å². The van der Waals surface area contributed by atoms with E-state index < -0.39 is 0 Å². The van der Waals surface area contributed by atoms with Crippen molar-refractivity contribution in [2.45, 2.75) is 46.8 Å². The van der Waals surface area contributed by atoms with E-state index >= 15 is 0 Å². The van der Waals surface area contributed by atoms with Crippen LogP contribution < -0.4 is 10.1 Å². The van der Waals surface area contributed by atoms with E-state index in [1.165, 1.54) is 5.56 Å². The standard InChI is InChI=1S/C17H29NO2/c1-5-18-13-16-7-6-8-17(12-16)20-10-9-19-15(4)11-14(2)3/h6-8,12,14-15,18H,5,9-11,13H2,1-4H3. The lowest BCUT2D eigenvalue weighted by Crippen LogP contribution is -2.16. The first kappa shape index (κ1) is 17.0. The van der Waals surface area contributed by atoms with Crippen LogP contribution >= 0.6 is 0 Å². The van der Waals surface area contributed by atoms with Crippen molar-refractivity contribution in [2.75, 3.05) is 19.8 Å². The van der Waals surface area contributed by atoms with Gasteiger partial charge in [0.2, 0.25) is 0 Å². The van der Waals surface area contributed by atoms with Gasteiger partial charge < -0.3 is 14.8 Å². The van der Waals surface area contributed by atoms with Crippen LogP contribution in [0.15, 0.2) is 24.3 Å². The molecule has 0 aliphatic rings. The van der Waals surface area contributed by atoms with E-state index in [1.807, 2.05) is 12.1 Å². The largest absolute Gasteiger partial charge is 0.491 e. The molecule has 0 aliphatic carbocycles. The number of ether oxygens (including phenoxy) is 2. The highest BCUT2D eigenvalue weighted by atomic mass is 16.5. The SMILES string of the molecule is CCNCc1cccc(OCCOC(C)CC(C)C)c1. The number of hydrogen-bond acceptors (Lipinski definition) is 3. The van der Waals surface area contributed by atoms with Gasteiger partial charge >= 0.3 is 0 Å². The Balaban J connectivity index is 2.24. The highest BCUT2D eigenvalue weighted by Crippen LogP contribution is 2.13. The van der Waals surface area contributed by atoms with Crippen LogP contribution in [0.4, 0.5) is 0 Å². The van der Waals surface area contributed by atoms with Gasteiger partial charge in [0.25, 0.3) is 0 Å². The summed E-state index contributed by atoms with van der Waals surface area (Å²) in [4.78, 5) is 0. The van der Waals surface area contributed by atoms with Gasteiger partial charge in [0.05, 0.1) is 12.7 Å². The quantitative estimate of drug-likeness (QED) is 0.663. The summed E-state index contributed by atoms with van der Waals surface area (Å²) >= 11 is 0. The Bertz CT molecular complexity index is 366. The molecule has 0 amide bonds. The van der Waals surface area contributed by atoms with Crippen LogP contribution in [0.25, 0.3) is 0 Å². The Morgan fingerprint density at radius 2 is 1.95 bits per heavy atom. The normalized spacial score (nSPS) is 12.7. The molecule has 20 heavy (non-hydrogen) atoms. The third-order valence-electron chi connectivity index (χ3n) is 3.04. The van der Waals surface area contributed by atoms with E-state index in [9.17, 15) is 0 Å². The Morgan fingerprint density at radius 3 is 2.65 bits per heavy atom. The minimum atomic E-state index is 0.304. The molecule has 0 aromatic heterocycles. The van der Waals surface area contributed by atoms with Crippen molar-refractivity contribution >= 4 is 0 Å². The van der Waals surface area contributed by atoms with Crippen LogP contribution in [0.2, 0.25) is 0 Å². The van der Waals surface area contributed by atoms with E-state index in [1.54, 1.807) is 0 Å². The van der Waals surface area contributed by atoms with Gasteiger partial charge in [-0.3, -0.25) is 0 Å². The minimum Gasteiger partial charge on any atom is -0.491 e. The third-order valence-corrected chi connectivity index (χ3v) is 3.04. The lowest BCUT2D eigenvalue weighted by Gasteiger charge is -2.15. The zero-order valence-electron chi connectivity index (χ0n) is 13.3. The van der Waals surface area contributed by atoms with Crippen molar-refractivity contribution in [1.29, 1.82) is 0 Å². The molecule has 0 aliphatic heterocycles. The minimum absolute atomic E-state index is 0.304. The molecule has 1 N–H and O–H groups in total. The van der Waals surface area contributed by atoms with Crippen molar-refractivity contribution in [3.05, 3.63) is 29.8 Å². The molecular weight excluding hydrogens is 250 g/mol. The van der Waals surface area contributed by atoms with Gasteiger partial charge in [-0.2, -0.15) is 0 Å². The van der Waals surface area contributed by atoms with Crippen molar-refractivity contribution in [3.8, 4) is 5.75 Å². The molecule has 1 aromatic rings. The van der Waals surface area contributed by atoms with Crippen LogP contribution in [-0.2, 0) is 11.3 Å². The number of nitrogens with one attached hydrogen (secondary N) is 1. The molecule has 0 radical (unpaired) electrons. The maximum Gasteiger partial charge on any atom is 0.119 e. The average Bonchev–Trinajstić information content (AvgIpc) is 2.41. The summed E-state index contributed by atoms with van der Waals surface area (Å²) in [7, 11) is 0. The topological polar surface area (TPSA) is 30.5 Å². The summed E-state index contributed by atoms with van der Waals surface area (Å²) in [6, 6.07) is 8.22. The lowest BCUT2D eigenvalue weighted by atomic mass is 10.1. The van der Waals surface area contributed by atoms with Gasteiger partial charge in [-0.15, -0.1) is 0 Å². The summed E-state index contributed by atoms with van der Waals surface area (Å²) in [5, 5.41) is 3.31. The van der Waals surface area contributed by atoms with Crippen molar-refractivity contribution in [2.24, 2.45) is 5.92 Å². The second kappa shape index (κ2) is 9.78. The van der Waals surface area contributed by atoms with Crippen LogP contribution in [0.3, 0.4) is 0 Å². The van der Waals surface area contributed by atoms with Crippen molar-refractivity contribution < 1.29 is 9.47 Å². The van der Waals surface area contributed by atoms with E-state index in [0.29, 0.717) is 25.2 Å². The Hall–Kier alpha value is -1.06. The van der Waals surface area contributed by atoms with Crippen LogP contribution in [-0.4, -0.2) is 25.9 Å². The number of rotatable bonds is 10. The van der Waals surface area contributed by atoms with E-state index in [-0.39, 0.29) is 0 Å². The van der Waals surface area contributed by atoms with Gasteiger partial charge in [0.15, 0.2) is 0 Å². The first-order valence-electron chi connectivity index (χ1n) is 7.65. The molecule has 3 heteroatoms. The second-order valence-corrected chi connectivity index (χ2v) is 5.59. The summed E-state index contributed by atoms with van der Waals surface area (Å²) in [6.07, 6.45) is 1.40. The molecule has 1 rings (SSSR count). The molecule has 114 valence electrons. The van der Waals surface area contributed by atoms with Crippen LogP contribution in [0.5, 0.6) is 5.75 Å². The Kier molecular flexibility index (Phi) is 8.31. The maximum absolute atomic E-state index is 5.73. The van der Waals surface area contributed by atoms with E-state index in [2.05, 4.69) is 45.1 Å². The predicted octanol–water partition coefficient (Wildman–Crippen LogP) is 3.63. The lowest BCUT2D eigenvalue weighted by molar-refractivity contribution is 0.0331. The summed E-state index contributed by atoms with van der Waals surface area (Å²) in [5.74, 6) is 1.59. The Morgan fingerprint density at radius 1 is 1.15 bits per heavy atom. The molecule has 3 nitrogen and oxygen atoms in total. The highest BCUT2D eigenvalue weighted by molar-refractivity contribution is 5.28. The number of hydrogen-bond donors (Lipinski definition) is 1. The molecule has 0 saturated heterocycles. The smallest absolute Gasteiger partial charge is 0.119 e. The molecule has 1 aromatic carbocycles. The molecule has 0 spiro atoms.